The smallest absolute Gasteiger partial charge is 0.273 e. The van der Waals surface area contributed by atoms with Crippen molar-refractivity contribution in [2.45, 2.75) is 6.92 Å². The number of nitro benzene ring substituents is 1. The molecule has 0 amide bonds. The van der Waals surface area contributed by atoms with Gasteiger partial charge in [0, 0.05) is 18.3 Å². The van der Waals surface area contributed by atoms with Crippen molar-refractivity contribution in [1.29, 1.82) is 0 Å². The molecular weight excluding hydrogens is 360 g/mol. The van der Waals surface area contributed by atoms with Crippen LogP contribution in [0.5, 0.6) is 11.6 Å². The van der Waals surface area contributed by atoms with E-state index in [4.69, 9.17) is 11.6 Å². The van der Waals surface area contributed by atoms with Gasteiger partial charge in [-0.25, -0.2) is 4.68 Å². The van der Waals surface area contributed by atoms with E-state index in [-0.39, 0.29) is 28.0 Å². The number of phenols is 1. The topological polar surface area (TPSA) is 114 Å². The molecule has 0 spiro atoms. The second kappa shape index (κ2) is 6.85. The molecule has 0 unspecified atom stereocenters. The summed E-state index contributed by atoms with van der Waals surface area (Å²) in [6.07, 6.45) is 1.27. The van der Waals surface area contributed by atoms with E-state index >= 15 is 0 Å². The van der Waals surface area contributed by atoms with Crippen LogP contribution < -0.4 is 0 Å². The molecule has 0 fully saturated rings. The standard InChI is InChI=1S/C17H13ClN4O4/c1-10-13(17(24)21(20-10)11-5-3-2-4-6-11)9-19-15-8-12(22(25)26)7-14(18)16(15)23/h2-9,23-24H,1H3/b19-9+. The molecule has 0 aliphatic rings. The van der Waals surface area contributed by atoms with Crippen molar-refractivity contribution in [3.63, 3.8) is 0 Å². The lowest BCUT2D eigenvalue weighted by Crippen LogP contribution is -1.95. The third-order valence-corrected chi connectivity index (χ3v) is 3.94. The van der Waals surface area contributed by atoms with Gasteiger partial charge < -0.3 is 10.2 Å². The maximum absolute atomic E-state index is 10.9. The predicted molar refractivity (Wildman–Crippen MR) is 97.0 cm³/mol. The molecule has 1 heterocycles. The molecule has 2 N–H and O–H groups in total. The van der Waals surface area contributed by atoms with Crippen molar-refractivity contribution in [2.75, 3.05) is 0 Å². The Morgan fingerprint density at radius 3 is 2.62 bits per heavy atom. The van der Waals surface area contributed by atoms with Crippen LogP contribution in [0.25, 0.3) is 5.69 Å². The van der Waals surface area contributed by atoms with Gasteiger partial charge in [-0.3, -0.25) is 15.1 Å². The van der Waals surface area contributed by atoms with Crippen LogP contribution in [0.15, 0.2) is 47.5 Å². The summed E-state index contributed by atoms with van der Waals surface area (Å²) in [6, 6.07) is 11.1. The minimum atomic E-state index is -0.638. The predicted octanol–water partition coefficient (Wildman–Crippen LogP) is 3.90. The fourth-order valence-corrected chi connectivity index (χ4v) is 2.54. The lowest BCUT2D eigenvalue weighted by molar-refractivity contribution is -0.384. The number of halogens is 1. The number of nitro groups is 1. The minimum absolute atomic E-state index is 0.0875. The van der Waals surface area contributed by atoms with E-state index in [1.807, 2.05) is 18.2 Å². The van der Waals surface area contributed by atoms with Crippen LogP contribution in [0.1, 0.15) is 11.3 Å². The molecule has 8 nitrogen and oxygen atoms in total. The molecule has 0 saturated carbocycles. The first-order valence-corrected chi connectivity index (χ1v) is 7.81. The Morgan fingerprint density at radius 1 is 1.27 bits per heavy atom. The molecule has 3 aromatic rings. The normalized spacial score (nSPS) is 11.2. The van der Waals surface area contributed by atoms with Gasteiger partial charge in [0.15, 0.2) is 5.75 Å². The van der Waals surface area contributed by atoms with E-state index in [0.29, 0.717) is 16.9 Å². The molecule has 0 aliphatic heterocycles. The van der Waals surface area contributed by atoms with Crippen molar-refractivity contribution >= 4 is 29.2 Å². The molecule has 0 saturated heterocycles. The Balaban J connectivity index is 2.03. The van der Waals surface area contributed by atoms with Gasteiger partial charge in [-0.1, -0.05) is 29.8 Å². The number of phenolic OH excluding ortho intramolecular Hbond substituents is 1. The highest BCUT2D eigenvalue weighted by molar-refractivity contribution is 6.32. The molecule has 0 bridgehead atoms. The number of benzene rings is 2. The Kier molecular flexibility index (Phi) is 4.59. The van der Waals surface area contributed by atoms with Crippen molar-refractivity contribution in [3.05, 3.63) is 68.9 Å². The van der Waals surface area contributed by atoms with Crippen LogP contribution in [0.4, 0.5) is 11.4 Å². The lowest BCUT2D eigenvalue weighted by Gasteiger charge is -2.03. The molecule has 9 heteroatoms. The summed E-state index contributed by atoms with van der Waals surface area (Å²) < 4.78 is 1.34. The van der Waals surface area contributed by atoms with Gasteiger partial charge in [0.05, 0.1) is 26.9 Å². The molecule has 3 rings (SSSR count). The second-order valence-corrected chi connectivity index (χ2v) is 5.79. The van der Waals surface area contributed by atoms with Crippen LogP contribution in [-0.2, 0) is 0 Å². The fourth-order valence-electron chi connectivity index (χ4n) is 2.34. The van der Waals surface area contributed by atoms with Gasteiger partial charge in [0.1, 0.15) is 5.69 Å². The quantitative estimate of drug-likeness (QED) is 0.409. The Bertz CT molecular complexity index is 1020. The third kappa shape index (κ3) is 3.22. The number of para-hydroxylation sites is 1. The second-order valence-electron chi connectivity index (χ2n) is 5.38. The Morgan fingerprint density at radius 2 is 1.96 bits per heavy atom. The monoisotopic (exact) mass is 372 g/mol. The van der Waals surface area contributed by atoms with E-state index in [0.717, 1.165) is 12.1 Å². The van der Waals surface area contributed by atoms with Crippen molar-refractivity contribution in [2.24, 2.45) is 4.99 Å². The first kappa shape index (κ1) is 17.4. The molecule has 0 atom stereocenters. The zero-order valence-electron chi connectivity index (χ0n) is 13.5. The van der Waals surface area contributed by atoms with E-state index < -0.39 is 4.92 Å². The zero-order valence-corrected chi connectivity index (χ0v) is 14.3. The highest BCUT2D eigenvalue weighted by Gasteiger charge is 2.17. The lowest BCUT2D eigenvalue weighted by atomic mass is 10.2. The number of aliphatic imine (C=N–C) groups is 1. The number of aromatic hydroxyl groups is 2. The minimum Gasteiger partial charge on any atom is -0.504 e. The van der Waals surface area contributed by atoms with Crippen LogP contribution in [0.2, 0.25) is 5.02 Å². The van der Waals surface area contributed by atoms with Crippen LogP contribution >= 0.6 is 11.6 Å². The molecule has 0 radical (unpaired) electrons. The summed E-state index contributed by atoms with van der Waals surface area (Å²) >= 11 is 5.80. The average Bonchev–Trinajstić information content (AvgIpc) is 2.91. The summed E-state index contributed by atoms with van der Waals surface area (Å²) in [4.78, 5) is 14.3. The van der Waals surface area contributed by atoms with Crippen LogP contribution in [0.3, 0.4) is 0 Å². The first-order valence-electron chi connectivity index (χ1n) is 7.43. The highest BCUT2D eigenvalue weighted by atomic mass is 35.5. The molecule has 2 aromatic carbocycles. The first-order chi connectivity index (χ1) is 12.4. The molecule has 26 heavy (non-hydrogen) atoms. The van der Waals surface area contributed by atoms with Gasteiger partial charge >= 0.3 is 0 Å². The van der Waals surface area contributed by atoms with Crippen molar-refractivity contribution < 1.29 is 15.1 Å². The number of hydrogen-bond donors (Lipinski definition) is 2. The number of nitrogens with zero attached hydrogens (tertiary/aromatic N) is 4. The van der Waals surface area contributed by atoms with E-state index in [1.165, 1.54) is 10.9 Å². The third-order valence-electron chi connectivity index (χ3n) is 3.65. The van der Waals surface area contributed by atoms with E-state index in [9.17, 15) is 20.3 Å². The van der Waals surface area contributed by atoms with Gasteiger partial charge in [0.2, 0.25) is 5.88 Å². The van der Waals surface area contributed by atoms with Gasteiger partial charge in [-0.05, 0) is 19.1 Å². The maximum atomic E-state index is 10.9. The summed E-state index contributed by atoms with van der Waals surface area (Å²) in [5, 5.41) is 35.4. The Hall–Kier alpha value is -3.39. The maximum Gasteiger partial charge on any atom is 0.273 e. The number of rotatable bonds is 4. The van der Waals surface area contributed by atoms with E-state index in [2.05, 4.69) is 10.1 Å². The van der Waals surface area contributed by atoms with Gasteiger partial charge in [-0.2, -0.15) is 5.10 Å². The summed E-state index contributed by atoms with van der Waals surface area (Å²) in [5.41, 5.74) is 1.08. The molecule has 132 valence electrons. The average molecular weight is 373 g/mol. The SMILES string of the molecule is Cc1nn(-c2ccccc2)c(O)c1/C=N/c1cc([N+](=O)[O-])cc(Cl)c1O. The Labute approximate surface area is 152 Å². The highest BCUT2D eigenvalue weighted by Crippen LogP contribution is 2.38. The van der Waals surface area contributed by atoms with Crippen molar-refractivity contribution in [3.8, 4) is 17.3 Å². The van der Waals surface area contributed by atoms with Gasteiger partial charge in [-0.15, -0.1) is 0 Å². The molecule has 0 aliphatic carbocycles. The van der Waals surface area contributed by atoms with Crippen molar-refractivity contribution in [1.82, 2.24) is 9.78 Å². The van der Waals surface area contributed by atoms with E-state index in [1.54, 1.807) is 19.1 Å². The fraction of sp³-hybridized carbons (Fsp3) is 0.0588. The van der Waals surface area contributed by atoms with Crippen LogP contribution in [0, 0.1) is 17.0 Å². The number of aryl methyl sites for hydroxylation is 1. The summed E-state index contributed by atoms with van der Waals surface area (Å²) in [7, 11) is 0. The van der Waals surface area contributed by atoms with Crippen LogP contribution in [-0.4, -0.2) is 31.1 Å². The zero-order chi connectivity index (χ0) is 18.8. The molecular formula is C17H13ClN4O4. The summed E-state index contributed by atoms with van der Waals surface area (Å²) in [6.45, 7) is 1.68. The molecule has 1 aromatic heterocycles. The number of non-ortho nitro benzene ring substituents is 1. The van der Waals surface area contributed by atoms with Gasteiger partial charge in [0.25, 0.3) is 5.69 Å². The number of aromatic nitrogens is 2. The number of hydrogen-bond acceptors (Lipinski definition) is 6. The largest absolute Gasteiger partial charge is 0.504 e. The summed E-state index contributed by atoms with van der Waals surface area (Å²) in [5.74, 6) is -0.533.